The number of nitrogens with zero attached hydrogens (tertiary/aromatic N) is 4. The molecule has 0 aromatic carbocycles. The smallest absolute Gasteiger partial charge is 0.338 e. The monoisotopic (exact) mass is 462 g/mol. The number of esters is 1. The van der Waals surface area contributed by atoms with E-state index in [4.69, 9.17) is 16.3 Å². The summed E-state index contributed by atoms with van der Waals surface area (Å²) in [7, 11) is 0. The Morgan fingerprint density at radius 1 is 1.26 bits per heavy atom. The Hall–Kier alpha value is -2.69. The third-order valence-electron chi connectivity index (χ3n) is 5.17. The van der Waals surface area contributed by atoms with E-state index in [2.05, 4.69) is 30.6 Å². The molecule has 4 rings (SSSR count). The van der Waals surface area contributed by atoms with E-state index >= 15 is 0 Å². The van der Waals surface area contributed by atoms with Crippen molar-refractivity contribution in [2.24, 2.45) is 0 Å². The molecule has 0 aliphatic carbocycles. The van der Waals surface area contributed by atoms with Crippen molar-refractivity contribution in [3.63, 3.8) is 0 Å². The molecule has 2 aromatic heterocycles. The van der Waals surface area contributed by atoms with Crippen LogP contribution in [0.15, 0.2) is 40.9 Å². The number of aromatic nitrogens is 2. The first kappa shape index (κ1) is 21.5. The highest BCUT2D eigenvalue weighted by Gasteiger charge is 2.35. The summed E-state index contributed by atoms with van der Waals surface area (Å²) in [5.41, 5.74) is 1.04. The first-order valence-corrected chi connectivity index (χ1v) is 11.3. The van der Waals surface area contributed by atoms with Gasteiger partial charge in [-0.3, -0.25) is 4.90 Å². The van der Waals surface area contributed by atoms with Gasteiger partial charge in [-0.1, -0.05) is 17.7 Å². The number of halogens is 1. The lowest BCUT2D eigenvalue weighted by Crippen LogP contribution is -2.51. The zero-order chi connectivity index (χ0) is 21.8. The Morgan fingerprint density at radius 2 is 2.06 bits per heavy atom. The van der Waals surface area contributed by atoms with E-state index < -0.39 is 12.0 Å². The largest absolute Gasteiger partial charge is 0.463 e. The highest BCUT2D eigenvalue weighted by molar-refractivity contribution is 7.10. The van der Waals surface area contributed by atoms with E-state index in [1.54, 1.807) is 13.0 Å². The predicted molar refractivity (Wildman–Crippen MR) is 118 cm³/mol. The molecule has 9 nitrogen and oxygen atoms in total. The molecule has 1 unspecified atom stereocenters. The van der Waals surface area contributed by atoms with Gasteiger partial charge in [0.05, 0.1) is 18.2 Å². The van der Waals surface area contributed by atoms with Crippen LogP contribution in [0.1, 0.15) is 17.8 Å². The van der Waals surface area contributed by atoms with Crippen LogP contribution in [0, 0.1) is 0 Å². The fourth-order valence-corrected chi connectivity index (χ4v) is 4.58. The van der Waals surface area contributed by atoms with Crippen molar-refractivity contribution in [2.45, 2.75) is 13.0 Å². The molecular formula is C20H23ClN6O3S. The van der Waals surface area contributed by atoms with E-state index in [1.807, 2.05) is 23.6 Å². The molecule has 1 atom stereocenters. The lowest BCUT2D eigenvalue weighted by atomic mass is 10.0. The number of nitrogens with one attached hydrogen (secondary N) is 2. The number of piperazine rings is 1. The Bertz CT molecular complexity index is 958. The van der Waals surface area contributed by atoms with Crippen LogP contribution in [-0.4, -0.2) is 66.4 Å². The highest BCUT2D eigenvalue weighted by atomic mass is 35.5. The molecular weight excluding hydrogens is 440 g/mol. The lowest BCUT2D eigenvalue weighted by Gasteiger charge is -2.37. The molecule has 0 saturated carbocycles. The summed E-state index contributed by atoms with van der Waals surface area (Å²) in [5, 5.41) is 16.0. The van der Waals surface area contributed by atoms with E-state index in [0.29, 0.717) is 23.0 Å². The summed E-state index contributed by atoms with van der Waals surface area (Å²) in [6.45, 7) is 5.47. The van der Waals surface area contributed by atoms with Crippen LogP contribution in [0.25, 0.3) is 0 Å². The standard InChI is InChI=1S/C20H23ClN6O3S/c1-2-30-19(28)17-13(22-20(29)23-18(17)14-4-3-11-31-14)12-26-7-9-27(10-8-26)16-6-5-15(21)24-25-16/h3-6,11,18H,2,7-10,12H2,1H3,(H2,22,23,29). The number of rotatable bonds is 6. The SMILES string of the molecule is CCOC(=O)C1=C(CN2CCN(c3ccc(Cl)nn3)CC2)NC(=O)NC1c1cccs1. The minimum atomic E-state index is -0.520. The van der Waals surface area contributed by atoms with Crippen LogP contribution in [-0.2, 0) is 9.53 Å². The van der Waals surface area contributed by atoms with E-state index in [0.717, 1.165) is 36.9 Å². The van der Waals surface area contributed by atoms with Crippen LogP contribution < -0.4 is 15.5 Å². The predicted octanol–water partition coefficient (Wildman–Crippen LogP) is 2.18. The number of hydrogen-bond acceptors (Lipinski definition) is 8. The molecule has 164 valence electrons. The Labute approximate surface area is 189 Å². The maximum Gasteiger partial charge on any atom is 0.338 e. The van der Waals surface area contributed by atoms with Gasteiger partial charge < -0.3 is 20.3 Å². The molecule has 2 N–H and O–H groups in total. The lowest BCUT2D eigenvalue weighted by molar-refractivity contribution is -0.139. The number of ether oxygens (including phenoxy) is 1. The third kappa shape index (κ3) is 4.97. The average Bonchev–Trinajstić information content (AvgIpc) is 3.29. The van der Waals surface area contributed by atoms with Crippen LogP contribution in [0.4, 0.5) is 10.6 Å². The minimum Gasteiger partial charge on any atom is -0.463 e. The second-order valence-electron chi connectivity index (χ2n) is 7.14. The molecule has 0 bridgehead atoms. The highest BCUT2D eigenvalue weighted by Crippen LogP contribution is 2.31. The molecule has 2 aliphatic rings. The molecule has 1 fully saturated rings. The molecule has 2 amide bonds. The van der Waals surface area contributed by atoms with Crippen molar-refractivity contribution in [3.05, 3.63) is 50.9 Å². The van der Waals surface area contributed by atoms with Gasteiger partial charge >= 0.3 is 12.0 Å². The molecule has 2 aromatic rings. The summed E-state index contributed by atoms with van der Waals surface area (Å²) in [6, 6.07) is 6.54. The maximum absolute atomic E-state index is 12.8. The number of hydrogen-bond donors (Lipinski definition) is 2. The summed E-state index contributed by atoms with van der Waals surface area (Å²) >= 11 is 7.31. The van der Waals surface area contributed by atoms with Crippen LogP contribution in [0.3, 0.4) is 0 Å². The van der Waals surface area contributed by atoms with Gasteiger partial charge in [0.1, 0.15) is 0 Å². The van der Waals surface area contributed by atoms with Crippen molar-refractivity contribution < 1.29 is 14.3 Å². The number of anilines is 1. The number of carbonyl (C=O) groups excluding carboxylic acids is 2. The average molecular weight is 463 g/mol. The number of carbonyl (C=O) groups is 2. The molecule has 2 aliphatic heterocycles. The quantitative estimate of drug-likeness (QED) is 0.634. The van der Waals surface area contributed by atoms with Gasteiger partial charge in [-0.2, -0.15) is 0 Å². The Kier molecular flexibility index (Phi) is 6.69. The molecule has 0 radical (unpaired) electrons. The second kappa shape index (κ2) is 9.63. The van der Waals surface area contributed by atoms with E-state index in [-0.39, 0.29) is 12.6 Å². The summed E-state index contributed by atoms with van der Waals surface area (Å²) < 4.78 is 5.31. The zero-order valence-corrected chi connectivity index (χ0v) is 18.6. The molecule has 1 saturated heterocycles. The first-order valence-electron chi connectivity index (χ1n) is 10.0. The normalized spacial score (nSPS) is 19.7. The van der Waals surface area contributed by atoms with Gasteiger partial charge in [-0.25, -0.2) is 9.59 Å². The van der Waals surface area contributed by atoms with E-state index in [9.17, 15) is 9.59 Å². The Morgan fingerprint density at radius 3 is 2.71 bits per heavy atom. The molecule has 4 heterocycles. The van der Waals surface area contributed by atoms with Gasteiger partial charge in [-0.05, 0) is 30.5 Å². The van der Waals surface area contributed by atoms with E-state index in [1.165, 1.54) is 11.3 Å². The molecule has 31 heavy (non-hydrogen) atoms. The summed E-state index contributed by atoms with van der Waals surface area (Å²) in [6.07, 6.45) is 0. The van der Waals surface area contributed by atoms with Gasteiger partial charge in [0.15, 0.2) is 11.0 Å². The topological polar surface area (TPSA) is 99.7 Å². The third-order valence-corrected chi connectivity index (χ3v) is 6.31. The minimum absolute atomic E-state index is 0.265. The number of amides is 2. The van der Waals surface area contributed by atoms with Crippen molar-refractivity contribution in [3.8, 4) is 0 Å². The molecule has 0 spiro atoms. The second-order valence-corrected chi connectivity index (χ2v) is 8.50. The summed E-state index contributed by atoms with van der Waals surface area (Å²) in [5.74, 6) is 0.363. The van der Waals surface area contributed by atoms with Crippen molar-refractivity contribution in [2.75, 3.05) is 44.2 Å². The molecule has 11 heteroatoms. The van der Waals surface area contributed by atoms with Crippen molar-refractivity contribution >= 4 is 40.8 Å². The van der Waals surface area contributed by atoms with Gasteiger partial charge in [0, 0.05) is 43.3 Å². The zero-order valence-electron chi connectivity index (χ0n) is 17.0. The number of thiophene rings is 1. The van der Waals surface area contributed by atoms with Crippen molar-refractivity contribution in [1.29, 1.82) is 0 Å². The maximum atomic E-state index is 12.8. The number of urea groups is 1. The Balaban J connectivity index is 1.51. The van der Waals surface area contributed by atoms with Gasteiger partial charge in [-0.15, -0.1) is 21.5 Å². The van der Waals surface area contributed by atoms with Crippen LogP contribution in [0.2, 0.25) is 5.15 Å². The van der Waals surface area contributed by atoms with Gasteiger partial charge in [0.25, 0.3) is 0 Å². The van der Waals surface area contributed by atoms with Crippen molar-refractivity contribution in [1.82, 2.24) is 25.7 Å². The first-order chi connectivity index (χ1) is 15.0. The summed E-state index contributed by atoms with van der Waals surface area (Å²) in [4.78, 5) is 30.4. The van der Waals surface area contributed by atoms with Crippen LogP contribution >= 0.6 is 22.9 Å². The van der Waals surface area contributed by atoms with Crippen LogP contribution in [0.5, 0.6) is 0 Å². The fraction of sp³-hybridized carbons (Fsp3) is 0.400. The fourth-order valence-electron chi connectivity index (χ4n) is 3.70. The van der Waals surface area contributed by atoms with Gasteiger partial charge in [0.2, 0.25) is 0 Å².